The number of halogens is 1. The lowest BCUT2D eigenvalue weighted by atomic mass is 10.1. The standard InChI is InChI=1S/C14H18BrNO2/c1-18-13-6-4-11(5-7-13)3-2-8-16-10-12(15)9-14(16)17/h4-7,12H,2-3,8-10H2,1H3. The van der Waals surface area contributed by atoms with Gasteiger partial charge in [-0.15, -0.1) is 0 Å². The Kier molecular flexibility index (Phi) is 4.64. The van der Waals surface area contributed by atoms with Gasteiger partial charge in [0.1, 0.15) is 5.75 Å². The average Bonchev–Trinajstić information content (AvgIpc) is 2.69. The lowest BCUT2D eigenvalue weighted by Gasteiger charge is -2.15. The van der Waals surface area contributed by atoms with Gasteiger partial charge in [-0.2, -0.15) is 0 Å². The Labute approximate surface area is 116 Å². The molecular formula is C14H18BrNO2. The Hall–Kier alpha value is -1.03. The second-order valence-electron chi connectivity index (χ2n) is 4.59. The monoisotopic (exact) mass is 311 g/mol. The van der Waals surface area contributed by atoms with Crippen molar-refractivity contribution in [1.29, 1.82) is 0 Å². The third-order valence-corrected chi connectivity index (χ3v) is 3.83. The number of hydrogen-bond acceptors (Lipinski definition) is 2. The molecule has 1 heterocycles. The first-order valence-corrected chi connectivity index (χ1v) is 7.15. The van der Waals surface area contributed by atoms with Crippen molar-refractivity contribution < 1.29 is 9.53 Å². The highest BCUT2D eigenvalue weighted by molar-refractivity contribution is 9.09. The molecule has 0 radical (unpaired) electrons. The molecule has 0 saturated carbocycles. The number of rotatable bonds is 5. The van der Waals surface area contributed by atoms with Crippen molar-refractivity contribution in [2.45, 2.75) is 24.1 Å². The Balaban J connectivity index is 1.76. The molecule has 0 spiro atoms. The van der Waals surface area contributed by atoms with E-state index in [-0.39, 0.29) is 5.91 Å². The Morgan fingerprint density at radius 2 is 2.11 bits per heavy atom. The molecule has 2 rings (SSSR count). The van der Waals surface area contributed by atoms with Crippen LogP contribution in [0.25, 0.3) is 0 Å². The minimum atomic E-state index is 0.270. The van der Waals surface area contributed by atoms with Gasteiger partial charge in [0.2, 0.25) is 5.91 Å². The molecule has 18 heavy (non-hydrogen) atoms. The number of likely N-dealkylation sites (tertiary alicyclic amines) is 1. The van der Waals surface area contributed by atoms with Gasteiger partial charge in [0.25, 0.3) is 0 Å². The van der Waals surface area contributed by atoms with Gasteiger partial charge >= 0.3 is 0 Å². The van der Waals surface area contributed by atoms with E-state index in [4.69, 9.17) is 4.74 Å². The van der Waals surface area contributed by atoms with Crippen LogP contribution in [0.2, 0.25) is 0 Å². The number of nitrogens with zero attached hydrogens (tertiary/aromatic N) is 1. The zero-order chi connectivity index (χ0) is 13.0. The second kappa shape index (κ2) is 6.23. The number of carbonyl (C=O) groups is 1. The molecule has 1 amide bonds. The summed E-state index contributed by atoms with van der Waals surface area (Å²) in [4.78, 5) is 13.9. The number of amides is 1. The van der Waals surface area contributed by atoms with Crippen molar-refractivity contribution >= 4 is 21.8 Å². The van der Waals surface area contributed by atoms with Crippen molar-refractivity contribution in [3.8, 4) is 5.75 Å². The van der Waals surface area contributed by atoms with Crippen LogP contribution in [0, 0.1) is 0 Å². The van der Waals surface area contributed by atoms with Crippen LogP contribution in [-0.2, 0) is 11.2 Å². The molecule has 3 nitrogen and oxygen atoms in total. The van der Waals surface area contributed by atoms with Gasteiger partial charge in [-0.25, -0.2) is 0 Å². The maximum atomic E-state index is 11.6. The van der Waals surface area contributed by atoms with Crippen molar-refractivity contribution in [3.05, 3.63) is 29.8 Å². The lowest BCUT2D eigenvalue weighted by Crippen LogP contribution is -2.26. The predicted octanol–water partition coefficient (Wildman–Crippen LogP) is 2.62. The molecule has 0 aromatic heterocycles. The Morgan fingerprint density at radius 3 is 2.67 bits per heavy atom. The molecule has 1 unspecified atom stereocenters. The quantitative estimate of drug-likeness (QED) is 0.782. The molecule has 1 aromatic carbocycles. The molecular weight excluding hydrogens is 294 g/mol. The summed E-state index contributed by atoms with van der Waals surface area (Å²) in [7, 11) is 1.67. The van der Waals surface area contributed by atoms with Crippen molar-refractivity contribution in [2.24, 2.45) is 0 Å². The van der Waals surface area contributed by atoms with E-state index >= 15 is 0 Å². The zero-order valence-corrected chi connectivity index (χ0v) is 12.1. The van der Waals surface area contributed by atoms with E-state index < -0.39 is 0 Å². The van der Waals surface area contributed by atoms with Gasteiger partial charge in [0.15, 0.2) is 0 Å². The van der Waals surface area contributed by atoms with E-state index in [0.29, 0.717) is 11.2 Å². The molecule has 98 valence electrons. The highest BCUT2D eigenvalue weighted by Crippen LogP contribution is 2.19. The van der Waals surface area contributed by atoms with E-state index in [1.54, 1.807) is 7.11 Å². The number of hydrogen-bond donors (Lipinski definition) is 0. The smallest absolute Gasteiger partial charge is 0.223 e. The van der Waals surface area contributed by atoms with Crippen LogP contribution in [-0.4, -0.2) is 35.8 Å². The van der Waals surface area contributed by atoms with Gasteiger partial charge < -0.3 is 9.64 Å². The first-order chi connectivity index (χ1) is 8.69. The van der Waals surface area contributed by atoms with Gasteiger partial charge in [-0.05, 0) is 30.5 Å². The first-order valence-electron chi connectivity index (χ1n) is 6.24. The third-order valence-electron chi connectivity index (χ3n) is 3.22. The Bertz CT molecular complexity index is 405. The van der Waals surface area contributed by atoms with Gasteiger partial charge in [-0.3, -0.25) is 4.79 Å². The summed E-state index contributed by atoms with van der Waals surface area (Å²) in [5, 5.41) is 0. The fraction of sp³-hybridized carbons (Fsp3) is 0.500. The molecule has 1 saturated heterocycles. The minimum Gasteiger partial charge on any atom is -0.497 e. The number of benzene rings is 1. The van der Waals surface area contributed by atoms with Gasteiger partial charge in [0, 0.05) is 24.3 Å². The third kappa shape index (κ3) is 3.48. The fourth-order valence-electron chi connectivity index (χ4n) is 2.21. The van der Waals surface area contributed by atoms with E-state index in [1.807, 2.05) is 17.0 Å². The van der Waals surface area contributed by atoms with Gasteiger partial charge in [0.05, 0.1) is 7.11 Å². The van der Waals surface area contributed by atoms with Crippen molar-refractivity contribution in [1.82, 2.24) is 4.90 Å². The SMILES string of the molecule is COc1ccc(CCCN2CC(Br)CC2=O)cc1. The number of methoxy groups -OCH3 is 1. The Morgan fingerprint density at radius 1 is 1.39 bits per heavy atom. The largest absolute Gasteiger partial charge is 0.497 e. The fourth-order valence-corrected chi connectivity index (χ4v) is 2.83. The molecule has 0 N–H and O–H groups in total. The van der Waals surface area contributed by atoms with Crippen LogP contribution in [0.3, 0.4) is 0 Å². The number of carbonyl (C=O) groups excluding carboxylic acids is 1. The summed E-state index contributed by atoms with van der Waals surface area (Å²) in [6.07, 6.45) is 2.65. The summed E-state index contributed by atoms with van der Waals surface area (Å²) in [5.74, 6) is 1.15. The number of aryl methyl sites for hydroxylation is 1. The highest BCUT2D eigenvalue weighted by atomic mass is 79.9. The maximum Gasteiger partial charge on any atom is 0.223 e. The topological polar surface area (TPSA) is 29.5 Å². The summed E-state index contributed by atoms with van der Waals surface area (Å²) in [6.45, 7) is 1.70. The molecule has 1 aliphatic heterocycles. The van der Waals surface area contributed by atoms with Crippen LogP contribution in [0.4, 0.5) is 0 Å². The normalized spacial score (nSPS) is 19.3. The van der Waals surface area contributed by atoms with Crippen molar-refractivity contribution in [3.63, 3.8) is 0 Å². The second-order valence-corrected chi connectivity index (χ2v) is 5.89. The number of alkyl halides is 1. The first kappa shape index (κ1) is 13.4. The molecule has 0 aliphatic carbocycles. The van der Waals surface area contributed by atoms with Crippen molar-refractivity contribution in [2.75, 3.05) is 20.2 Å². The van der Waals surface area contributed by atoms with Crippen LogP contribution < -0.4 is 4.74 Å². The van der Waals surface area contributed by atoms with E-state index in [1.165, 1.54) is 5.56 Å². The minimum absolute atomic E-state index is 0.270. The summed E-state index contributed by atoms with van der Waals surface area (Å²) in [6, 6.07) is 8.12. The predicted molar refractivity (Wildman–Crippen MR) is 75.2 cm³/mol. The van der Waals surface area contributed by atoms with Crippen LogP contribution in [0.1, 0.15) is 18.4 Å². The molecule has 4 heteroatoms. The van der Waals surface area contributed by atoms with Crippen LogP contribution in [0.15, 0.2) is 24.3 Å². The van der Waals surface area contributed by atoms with E-state index in [9.17, 15) is 4.79 Å². The summed E-state index contributed by atoms with van der Waals surface area (Å²) >= 11 is 3.50. The summed E-state index contributed by atoms with van der Waals surface area (Å²) < 4.78 is 5.12. The highest BCUT2D eigenvalue weighted by Gasteiger charge is 2.26. The molecule has 1 aliphatic rings. The molecule has 0 bridgehead atoms. The average molecular weight is 312 g/mol. The number of ether oxygens (including phenoxy) is 1. The lowest BCUT2D eigenvalue weighted by molar-refractivity contribution is -0.127. The molecule has 1 aromatic rings. The van der Waals surface area contributed by atoms with E-state index in [2.05, 4.69) is 28.1 Å². The summed E-state index contributed by atoms with van der Waals surface area (Å²) in [5.41, 5.74) is 1.29. The van der Waals surface area contributed by atoms with E-state index in [0.717, 1.165) is 31.7 Å². The van der Waals surface area contributed by atoms with Gasteiger partial charge in [-0.1, -0.05) is 28.1 Å². The van der Waals surface area contributed by atoms with Crippen LogP contribution >= 0.6 is 15.9 Å². The maximum absolute atomic E-state index is 11.6. The zero-order valence-electron chi connectivity index (χ0n) is 10.6. The molecule has 1 fully saturated rings. The molecule has 1 atom stereocenters. The van der Waals surface area contributed by atoms with Crippen LogP contribution in [0.5, 0.6) is 5.75 Å².